The van der Waals surface area contributed by atoms with Crippen LogP contribution in [-0.4, -0.2) is 25.2 Å². The van der Waals surface area contributed by atoms with Crippen LogP contribution in [0.15, 0.2) is 11.6 Å². The second-order valence-electron chi connectivity index (χ2n) is 10.8. The van der Waals surface area contributed by atoms with Crippen LogP contribution in [0.3, 0.4) is 0 Å². The summed E-state index contributed by atoms with van der Waals surface area (Å²) in [5, 5.41) is 0. The Morgan fingerprint density at radius 1 is 1.10 bits per heavy atom. The maximum absolute atomic E-state index is 12.3. The summed E-state index contributed by atoms with van der Waals surface area (Å²) in [5.74, 6) is 2.40. The third-order valence-electron chi connectivity index (χ3n) is 9.64. The van der Waals surface area contributed by atoms with E-state index in [2.05, 4.69) is 26.8 Å². The zero-order chi connectivity index (χ0) is 21.0. The topological polar surface area (TPSA) is 52.6 Å². The van der Waals surface area contributed by atoms with Crippen molar-refractivity contribution in [3.05, 3.63) is 11.6 Å². The molecule has 4 aliphatic carbocycles. The monoisotopic (exact) mass is 402 g/mol. The van der Waals surface area contributed by atoms with Gasteiger partial charge in [-0.15, -0.1) is 0 Å². The summed E-state index contributed by atoms with van der Waals surface area (Å²) in [6.07, 6.45) is 11.6. The molecule has 4 rings (SSSR count). The molecule has 0 spiro atoms. The fraction of sp³-hybridized carbons (Fsp3) is 0.840. The Morgan fingerprint density at radius 3 is 2.55 bits per heavy atom. The van der Waals surface area contributed by atoms with Gasteiger partial charge in [-0.25, -0.2) is 0 Å². The molecule has 0 heterocycles. The minimum absolute atomic E-state index is 0.00370. The van der Waals surface area contributed by atoms with Crippen molar-refractivity contribution in [3.63, 3.8) is 0 Å². The Balaban J connectivity index is 1.56. The molecule has 4 heteroatoms. The molecule has 3 fully saturated rings. The average molecular weight is 403 g/mol. The number of fused-ring (bicyclic) bond motifs is 5. The van der Waals surface area contributed by atoms with Gasteiger partial charge in [0, 0.05) is 13.3 Å². The Hall–Kier alpha value is -1.32. The summed E-state index contributed by atoms with van der Waals surface area (Å²) in [6, 6.07) is 0. The molecule has 0 aromatic carbocycles. The summed E-state index contributed by atoms with van der Waals surface area (Å²) in [5.41, 5.74) is 2.05. The van der Waals surface area contributed by atoms with E-state index in [1.807, 2.05) is 0 Å². The second-order valence-corrected chi connectivity index (χ2v) is 10.8. The van der Waals surface area contributed by atoms with Gasteiger partial charge in [0.1, 0.15) is 6.10 Å². The van der Waals surface area contributed by atoms with Gasteiger partial charge in [0.25, 0.3) is 0 Å². The maximum atomic E-state index is 12.3. The Bertz CT molecular complexity index is 712. The molecular weight excluding hydrogens is 364 g/mol. The van der Waals surface area contributed by atoms with E-state index in [4.69, 9.17) is 9.47 Å². The van der Waals surface area contributed by atoms with E-state index in [0.29, 0.717) is 11.8 Å². The average Bonchev–Trinajstić information content (AvgIpc) is 3.03. The molecule has 29 heavy (non-hydrogen) atoms. The van der Waals surface area contributed by atoms with Gasteiger partial charge in [0.05, 0.1) is 13.0 Å². The fourth-order valence-corrected chi connectivity index (χ4v) is 8.17. The van der Waals surface area contributed by atoms with Crippen LogP contribution >= 0.6 is 0 Å². The van der Waals surface area contributed by atoms with Gasteiger partial charge < -0.3 is 9.47 Å². The van der Waals surface area contributed by atoms with Crippen LogP contribution in [0.1, 0.15) is 79.1 Å². The van der Waals surface area contributed by atoms with Crippen molar-refractivity contribution in [2.45, 2.75) is 85.2 Å². The number of carbonyl (C=O) groups is 2. The van der Waals surface area contributed by atoms with Gasteiger partial charge in [-0.2, -0.15) is 0 Å². The van der Waals surface area contributed by atoms with Crippen molar-refractivity contribution in [2.75, 3.05) is 7.11 Å². The van der Waals surface area contributed by atoms with Crippen LogP contribution in [0, 0.1) is 40.4 Å². The molecular formula is C25H38O4. The third kappa shape index (κ3) is 3.25. The SMILES string of the molecule is COC(=O)C(C)C1CCC2C3CC=C4CC(OC(C)=O)CCC4(C)C3CCC12C. The Labute approximate surface area is 175 Å². The van der Waals surface area contributed by atoms with E-state index in [0.717, 1.165) is 43.9 Å². The molecule has 0 amide bonds. The zero-order valence-electron chi connectivity index (χ0n) is 18.8. The van der Waals surface area contributed by atoms with E-state index >= 15 is 0 Å². The minimum Gasteiger partial charge on any atom is -0.469 e. The van der Waals surface area contributed by atoms with E-state index in [-0.39, 0.29) is 34.8 Å². The van der Waals surface area contributed by atoms with Crippen LogP contribution in [0.25, 0.3) is 0 Å². The summed E-state index contributed by atoms with van der Waals surface area (Å²) in [4.78, 5) is 23.7. The van der Waals surface area contributed by atoms with Crippen LogP contribution in [0.4, 0.5) is 0 Å². The molecule has 8 unspecified atom stereocenters. The molecule has 4 nitrogen and oxygen atoms in total. The number of allylic oxidation sites excluding steroid dienone is 1. The smallest absolute Gasteiger partial charge is 0.308 e. The summed E-state index contributed by atoms with van der Waals surface area (Å²) < 4.78 is 10.7. The van der Waals surface area contributed by atoms with E-state index in [1.165, 1.54) is 38.9 Å². The van der Waals surface area contributed by atoms with E-state index in [1.54, 1.807) is 0 Å². The highest BCUT2D eigenvalue weighted by Crippen LogP contribution is 2.67. The van der Waals surface area contributed by atoms with Gasteiger partial charge in [0.2, 0.25) is 0 Å². The molecule has 0 bridgehead atoms. The van der Waals surface area contributed by atoms with Crippen LogP contribution in [0.2, 0.25) is 0 Å². The first-order valence-corrected chi connectivity index (χ1v) is 11.6. The van der Waals surface area contributed by atoms with Gasteiger partial charge in [0.15, 0.2) is 0 Å². The van der Waals surface area contributed by atoms with Crippen LogP contribution in [0.5, 0.6) is 0 Å². The standard InChI is InChI=1S/C25H38O4/c1-15(23(27)28-5)20-8-9-21-19-7-6-17-14-18(29-16(2)26)10-12-24(17,3)22(19)11-13-25(20,21)4/h6,15,18-22H,7-14H2,1-5H3. The maximum Gasteiger partial charge on any atom is 0.308 e. The molecule has 0 aromatic heterocycles. The van der Waals surface area contributed by atoms with Gasteiger partial charge in [-0.1, -0.05) is 32.4 Å². The van der Waals surface area contributed by atoms with Crippen molar-refractivity contribution in [3.8, 4) is 0 Å². The lowest BCUT2D eigenvalue weighted by Gasteiger charge is -2.58. The number of carbonyl (C=O) groups excluding carboxylic acids is 2. The highest BCUT2D eigenvalue weighted by molar-refractivity contribution is 5.72. The summed E-state index contributed by atoms with van der Waals surface area (Å²) in [7, 11) is 1.52. The number of hydrogen-bond donors (Lipinski definition) is 0. The largest absolute Gasteiger partial charge is 0.469 e. The molecule has 3 saturated carbocycles. The van der Waals surface area contributed by atoms with E-state index < -0.39 is 0 Å². The number of hydrogen-bond acceptors (Lipinski definition) is 4. The van der Waals surface area contributed by atoms with Gasteiger partial charge in [-0.3, -0.25) is 9.59 Å². The molecule has 0 radical (unpaired) electrons. The van der Waals surface area contributed by atoms with Crippen molar-refractivity contribution in [2.24, 2.45) is 40.4 Å². The summed E-state index contributed by atoms with van der Waals surface area (Å²) >= 11 is 0. The molecule has 0 aromatic rings. The number of rotatable bonds is 3. The minimum atomic E-state index is -0.155. The van der Waals surface area contributed by atoms with E-state index in [9.17, 15) is 9.59 Å². The molecule has 0 aliphatic heterocycles. The number of ether oxygens (including phenoxy) is 2. The normalized spacial score (nSPS) is 44.6. The second kappa shape index (κ2) is 7.42. The molecule has 4 aliphatic rings. The highest BCUT2D eigenvalue weighted by atomic mass is 16.5. The lowest BCUT2D eigenvalue weighted by molar-refractivity contribution is -0.150. The van der Waals surface area contributed by atoms with Crippen molar-refractivity contribution in [1.82, 2.24) is 0 Å². The summed E-state index contributed by atoms with van der Waals surface area (Å²) in [6.45, 7) is 8.54. The Morgan fingerprint density at radius 2 is 1.86 bits per heavy atom. The lowest BCUT2D eigenvalue weighted by atomic mass is 9.47. The zero-order valence-corrected chi connectivity index (χ0v) is 18.8. The van der Waals surface area contributed by atoms with Crippen LogP contribution in [-0.2, 0) is 19.1 Å². The number of methoxy groups -OCH3 is 1. The van der Waals surface area contributed by atoms with Crippen molar-refractivity contribution >= 4 is 11.9 Å². The first kappa shape index (κ1) is 20.9. The van der Waals surface area contributed by atoms with Gasteiger partial charge >= 0.3 is 11.9 Å². The molecule has 8 atom stereocenters. The lowest BCUT2D eigenvalue weighted by Crippen LogP contribution is -2.51. The van der Waals surface area contributed by atoms with Crippen molar-refractivity contribution in [1.29, 1.82) is 0 Å². The quantitative estimate of drug-likeness (QED) is 0.474. The Kier molecular flexibility index (Phi) is 5.36. The molecule has 162 valence electrons. The highest BCUT2D eigenvalue weighted by Gasteiger charge is 2.59. The first-order chi connectivity index (χ1) is 13.7. The van der Waals surface area contributed by atoms with Crippen molar-refractivity contribution < 1.29 is 19.1 Å². The van der Waals surface area contributed by atoms with Gasteiger partial charge in [-0.05, 0) is 79.4 Å². The first-order valence-electron chi connectivity index (χ1n) is 11.6. The number of esters is 2. The predicted octanol–water partition coefficient (Wildman–Crippen LogP) is 5.31. The molecule has 0 N–H and O–H groups in total. The fourth-order valence-electron chi connectivity index (χ4n) is 8.17. The predicted molar refractivity (Wildman–Crippen MR) is 112 cm³/mol. The molecule has 0 saturated heterocycles. The van der Waals surface area contributed by atoms with Crippen LogP contribution < -0.4 is 0 Å². The third-order valence-corrected chi connectivity index (χ3v) is 9.64.